The minimum Gasteiger partial charge on any atom is -0.493 e. The molecule has 2 aromatic rings. The first-order valence-corrected chi connectivity index (χ1v) is 9.18. The van der Waals surface area contributed by atoms with Gasteiger partial charge in [-0.25, -0.2) is 4.79 Å². The largest absolute Gasteiger partial charge is 0.493 e. The number of aryl methyl sites for hydroxylation is 2. The summed E-state index contributed by atoms with van der Waals surface area (Å²) in [6, 6.07) is 4.08. The molecule has 1 unspecified atom stereocenters. The van der Waals surface area contributed by atoms with Crippen molar-refractivity contribution in [1.82, 2.24) is 10.1 Å². The van der Waals surface area contributed by atoms with Crippen molar-refractivity contribution in [2.75, 3.05) is 13.7 Å². The van der Waals surface area contributed by atoms with Crippen LogP contribution in [0.15, 0.2) is 22.7 Å². The molecule has 150 valence electrons. The van der Waals surface area contributed by atoms with E-state index in [1.165, 1.54) is 12.0 Å². The van der Waals surface area contributed by atoms with Crippen LogP contribution in [-0.2, 0) is 11.4 Å². The zero-order valence-electron chi connectivity index (χ0n) is 16.2. The highest BCUT2D eigenvalue weighted by molar-refractivity contribution is 5.97. The Balaban J connectivity index is 1.78. The van der Waals surface area contributed by atoms with Gasteiger partial charge in [0, 0.05) is 12.1 Å². The minimum atomic E-state index is -0.973. The number of carboxylic acid groups (broad SMARTS) is 1. The highest BCUT2D eigenvalue weighted by Crippen LogP contribution is 2.31. The number of carbonyl (C=O) groups is 2. The smallest absolute Gasteiger partial charge is 0.326 e. The zero-order chi connectivity index (χ0) is 20.3. The zero-order valence-corrected chi connectivity index (χ0v) is 16.2. The minimum absolute atomic E-state index is 0.262. The third-order valence-electron chi connectivity index (χ3n) is 5.01. The van der Waals surface area contributed by atoms with Crippen LogP contribution in [0.3, 0.4) is 0 Å². The van der Waals surface area contributed by atoms with E-state index in [0.717, 1.165) is 24.1 Å². The van der Waals surface area contributed by atoms with Crippen LogP contribution in [0.5, 0.6) is 11.5 Å². The van der Waals surface area contributed by atoms with E-state index in [0.29, 0.717) is 35.8 Å². The second-order valence-corrected chi connectivity index (χ2v) is 6.81. The number of hydrogen-bond acceptors (Lipinski definition) is 6. The number of rotatable bonds is 6. The summed E-state index contributed by atoms with van der Waals surface area (Å²) < 4.78 is 16.3. The molecule has 8 heteroatoms. The average Bonchev–Trinajstić information content (AvgIpc) is 3.03. The van der Waals surface area contributed by atoms with Gasteiger partial charge in [-0.3, -0.25) is 4.79 Å². The summed E-state index contributed by atoms with van der Waals surface area (Å²) in [5.41, 5.74) is 1.99. The lowest BCUT2D eigenvalue weighted by atomic mass is 10.0. The molecule has 28 heavy (non-hydrogen) atoms. The van der Waals surface area contributed by atoms with Gasteiger partial charge in [0.2, 0.25) is 0 Å². The van der Waals surface area contributed by atoms with E-state index in [2.05, 4.69) is 5.16 Å². The highest BCUT2D eigenvalue weighted by atomic mass is 16.5. The second-order valence-electron chi connectivity index (χ2n) is 6.81. The SMILES string of the molecule is COc1cc(C(=O)N2CCCCC2C(=O)O)ccc1OCc1c(C)noc1C. The number of likely N-dealkylation sites (tertiary alicyclic amines) is 1. The summed E-state index contributed by atoms with van der Waals surface area (Å²) in [4.78, 5) is 25.8. The van der Waals surface area contributed by atoms with Crippen molar-refractivity contribution in [3.63, 3.8) is 0 Å². The van der Waals surface area contributed by atoms with E-state index in [4.69, 9.17) is 14.0 Å². The molecule has 1 aromatic heterocycles. The molecule has 0 radical (unpaired) electrons. The third-order valence-corrected chi connectivity index (χ3v) is 5.01. The van der Waals surface area contributed by atoms with Crippen LogP contribution >= 0.6 is 0 Å². The number of aliphatic carboxylic acids is 1. The maximum Gasteiger partial charge on any atom is 0.326 e. The fourth-order valence-electron chi connectivity index (χ4n) is 3.37. The molecule has 1 aliphatic heterocycles. The predicted octanol–water partition coefficient (Wildman–Crippen LogP) is 2.96. The Labute approximate surface area is 163 Å². The van der Waals surface area contributed by atoms with Crippen LogP contribution in [0, 0.1) is 13.8 Å². The first-order valence-electron chi connectivity index (χ1n) is 9.18. The predicted molar refractivity (Wildman–Crippen MR) is 99.6 cm³/mol. The van der Waals surface area contributed by atoms with Gasteiger partial charge in [-0.1, -0.05) is 5.16 Å². The number of benzene rings is 1. The molecule has 0 bridgehead atoms. The van der Waals surface area contributed by atoms with E-state index in [1.807, 2.05) is 13.8 Å². The number of nitrogens with zero attached hydrogens (tertiary/aromatic N) is 2. The van der Waals surface area contributed by atoms with Crippen molar-refractivity contribution in [2.45, 2.75) is 45.8 Å². The Morgan fingerprint density at radius 2 is 2.07 bits per heavy atom. The Morgan fingerprint density at radius 1 is 1.29 bits per heavy atom. The van der Waals surface area contributed by atoms with Crippen molar-refractivity contribution in [2.24, 2.45) is 0 Å². The average molecular weight is 388 g/mol. The molecule has 1 amide bonds. The fourth-order valence-corrected chi connectivity index (χ4v) is 3.37. The maximum atomic E-state index is 12.9. The van der Waals surface area contributed by atoms with E-state index in [1.54, 1.807) is 18.2 Å². The molecule has 1 aliphatic rings. The fraction of sp³-hybridized carbons (Fsp3) is 0.450. The summed E-state index contributed by atoms with van der Waals surface area (Å²) in [6.45, 7) is 4.35. The van der Waals surface area contributed by atoms with Gasteiger partial charge in [-0.05, 0) is 51.3 Å². The number of hydrogen-bond donors (Lipinski definition) is 1. The molecule has 0 spiro atoms. The maximum absolute atomic E-state index is 12.9. The van der Waals surface area contributed by atoms with Crippen LogP contribution in [0.1, 0.15) is 46.6 Å². The highest BCUT2D eigenvalue weighted by Gasteiger charge is 2.32. The molecule has 1 atom stereocenters. The van der Waals surface area contributed by atoms with Gasteiger partial charge in [-0.15, -0.1) is 0 Å². The number of ether oxygens (including phenoxy) is 2. The van der Waals surface area contributed by atoms with Crippen LogP contribution in [0.25, 0.3) is 0 Å². The second kappa shape index (κ2) is 8.33. The molecule has 3 rings (SSSR count). The van der Waals surface area contributed by atoms with Gasteiger partial charge in [0.05, 0.1) is 18.4 Å². The van der Waals surface area contributed by atoms with Crippen LogP contribution in [0.4, 0.5) is 0 Å². The van der Waals surface area contributed by atoms with E-state index >= 15 is 0 Å². The number of methoxy groups -OCH3 is 1. The topological polar surface area (TPSA) is 102 Å². The molecule has 0 aliphatic carbocycles. The van der Waals surface area contributed by atoms with Gasteiger partial charge in [-0.2, -0.15) is 0 Å². The first-order chi connectivity index (χ1) is 13.4. The number of amides is 1. The van der Waals surface area contributed by atoms with Crippen molar-refractivity contribution >= 4 is 11.9 Å². The Morgan fingerprint density at radius 3 is 2.71 bits per heavy atom. The van der Waals surface area contributed by atoms with Gasteiger partial charge >= 0.3 is 5.97 Å². The van der Waals surface area contributed by atoms with Gasteiger partial charge in [0.1, 0.15) is 18.4 Å². The monoisotopic (exact) mass is 388 g/mol. The molecule has 1 aromatic carbocycles. The summed E-state index contributed by atoms with van der Waals surface area (Å²) in [7, 11) is 1.49. The van der Waals surface area contributed by atoms with E-state index in [9.17, 15) is 14.7 Å². The standard InChI is InChI=1S/C20H24N2O6/c1-12-15(13(2)28-21-12)11-27-17-8-7-14(10-18(17)26-3)19(23)22-9-5-4-6-16(22)20(24)25/h7-8,10,16H,4-6,9,11H2,1-3H3,(H,24,25). The first kappa shape index (κ1) is 19.7. The molecule has 1 fully saturated rings. The van der Waals surface area contributed by atoms with Crippen molar-refractivity contribution in [1.29, 1.82) is 0 Å². The molecule has 2 heterocycles. The van der Waals surface area contributed by atoms with Crippen molar-refractivity contribution in [3.05, 3.63) is 40.8 Å². The lowest BCUT2D eigenvalue weighted by Gasteiger charge is -2.33. The summed E-state index contributed by atoms with van der Waals surface area (Å²) in [5, 5.41) is 13.3. The van der Waals surface area contributed by atoms with Crippen molar-refractivity contribution in [3.8, 4) is 11.5 Å². The van der Waals surface area contributed by atoms with Crippen LogP contribution in [0.2, 0.25) is 0 Å². The summed E-state index contributed by atoms with van der Waals surface area (Å²) in [6.07, 6.45) is 2.07. The van der Waals surface area contributed by atoms with E-state index < -0.39 is 12.0 Å². The molecule has 0 saturated carbocycles. The number of aromatic nitrogens is 1. The summed E-state index contributed by atoms with van der Waals surface area (Å²) in [5.74, 6) is 0.282. The molecule has 1 N–H and O–H groups in total. The molecule has 1 saturated heterocycles. The number of piperidine rings is 1. The van der Waals surface area contributed by atoms with Crippen molar-refractivity contribution < 1.29 is 28.7 Å². The molecular formula is C20H24N2O6. The Kier molecular flexibility index (Phi) is 5.87. The van der Waals surface area contributed by atoms with Gasteiger partial charge < -0.3 is 24.0 Å². The van der Waals surface area contributed by atoms with Gasteiger partial charge in [0.25, 0.3) is 5.91 Å². The number of carboxylic acids is 1. The Hall–Kier alpha value is -3.03. The van der Waals surface area contributed by atoms with Gasteiger partial charge in [0.15, 0.2) is 11.5 Å². The summed E-state index contributed by atoms with van der Waals surface area (Å²) >= 11 is 0. The number of carbonyl (C=O) groups excluding carboxylic acids is 1. The van der Waals surface area contributed by atoms with Crippen LogP contribution < -0.4 is 9.47 Å². The quantitative estimate of drug-likeness (QED) is 0.811. The molecule has 8 nitrogen and oxygen atoms in total. The molecular weight excluding hydrogens is 364 g/mol. The lowest BCUT2D eigenvalue weighted by molar-refractivity contribution is -0.143. The van der Waals surface area contributed by atoms with E-state index in [-0.39, 0.29) is 12.5 Å². The Bertz CT molecular complexity index is 856. The lowest BCUT2D eigenvalue weighted by Crippen LogP contribution is -2.47. The normalized spacial score (nSPS) is 16.7. The third kappa shape index (κ3) is 3.95. The van der Waals surface area contributed by atoms with Crippen LogP contribution in [-0.4, -0.2) is 46.7 Å².